The maximum absolute atomic E-state index is 14.1. The molecule has 1 fully saturated rings. The van der Waals surface area contributed by atoms with Gasteiger partial charge in [0.15, 0.2) is 0 Å². The zero-order valence-corrected chi connectivity index (χ0v) is 17.7. The second kappa shape index (κ2) is 10.1. The van der Waals surface area contributed by atoms with Crippen molar-refractivity contribution in [2.24, 2.45) is 0 Å². The Bertz CT molecular complexity index is 772. The van der Waals surface area contributed by atoms with Crippen molar-refractivity contribution in [3.63, 3.8) is 0 Å². The molecule has 1 aromatic carbocycles. The van der Waals surface area contributed by atoms with Crippen molar-refractivity contribution < 1.29 is 17.6 Å². The summed E-state index contributed by atoms with van der Waals surface area (Å²) in [5.41, 5.74) is 1.58. The standard InChI is InChI=1S/C19H31FN4O3S/c1-4-24(28(3,26)27)12-6-10-21-19(25)22-16-7-5-11-23(14-16)18-13-15(2)8-9-17(18)20/h8-9,13,16H,4-7,10-12,14H2,1-3H3,(H2,21,22,25). The molecule has 2 rings (SSSR count). The number of nitrogens with one attached hydrogen (secondary N) is 2. The first-order valence-corrected chi connectivity index (χ1v) is 11.6. The third kappa shape index (κ3) is 6.63. The van der Waals surface area contributed by atoms with Crippen molar-refractivity contribution in [1.29, 1.82) is 0 Å². The second-order valence-corrected chi connectivity index (χ2v) is 9.23. The lowest BCUT2D eigenvalue weighted by atomic mass is 10.0. The van der Waals surface area contributed by atoms with Gasteiger partial charge in [0.2, 0.25) is 10.0 Å². The van der Waals surface area contributed by atoms with Gasteiger partial charge in [0.1, 0.15) is 5.82 Å². The number of amides is 2. The fourth-order valence-electron chi connectivity index (χ4n) is 3.43. The summed E-state index contributed by atoms with van der Waals surface area (Å²) in [6.45, 7) is 6.22. The number of benzene rings is 1. The number of halogens is 1. The molecule has 1 saturated heterocycles. The van der Waals surface area contributed by atoms with Crippen molar-refractivity contribution in [3.05, 3.63) is 29.6 Å². The van der Waals surface area contributed by atoms with Crippen LogP contribution in [0, 0.1) is 12.7 Å². The summed E-state index contributed by atoms with van der Waals surface area (Å²) in [7, 11) is -3.21. The van der Waals surface area contributed by atoms with Crippen molar-refractivity contribution in [1.82, 2.24) is 14.9 Å². The molecular formula is C19H31FN4O3S. The number of anilines is 1. The number of aryl methyl sites for hydroxylation is 1. The topological polar surface area (TPSA) is 81.8 Å². The van der Waals surface area contributed by atoms with Gasteiger partial charge in [0.25, 0.3) is 0 Å². The van der Waals surface area contributed by atoms with Crippen LogP contribution in [0.3, 0.4) is 0 Å². The molecule has 2 N–H and O–H groups in total. The number of carbonyl (C=O) groups excluding carboxylic acids is 1. The SMILES string of the molecule is CCN(CCCNC(=O)NC1CCCN(c2cc(C)ccc2F)C1)S(C)(=O)=O. The van der Waals surface area contributed by atoms with Crippen molar-refractivity contribution in [2.45, 2.75) is 39.2 Å². The van der Waals surface area contributed by atoms with E-state index in [0.717, 1.165) is 24.9 Å². The van der Waals surface area contributed by atoms with Gasteiger partial charge < -0.3 is 15.5 Å². The number of carbonyl (C=O) groups is 1. The summed E-state index contributed by atoms with van der Waals surface area (Å²) in [6.07, 6.45) is 3.44. The van der Waals surface area contributed by atoms with Crippen LogP contribution in [0.25, 0.3) is 0 Å². The fraction of sp³-hybridized carbons (Fsp3) is 0.632. The summed E-state index contributed by atoms with van der Waals surface area (Å²) in [5, 5.41) is 5.71. The number of hydrogen-bond donors (Lipinski definition) is 2. The van der Waals surface area contributed by atoms with Crippen molar-refractivity contribution in [2.75, 3.05) is 43.9 Å². The van der Waals surface area contributed by atoms with Crippen LogP contribution in [0.4, 0.5) is 14.9 Å². The van der Waals surface area contributed by atoms with Gasteiger partial charge in [0.05, 0.1) is 11.9 Å². The molecule has 9 heteroatoms. The van der Waals surface area contributed by atoms with Crippen LogP contribution in [0.15, 0.2) is 18.2 Å². The van der Waals surface area contributed by atoms with Crippen LogP contribution in [0.1, 0.15) is 31.7 Å². The quantitative estimate of drug-likeness (QED) is 0.638. The highest BCUT2D eigenvalue weighted by atomic mass is 32.2. The molecule has 7 nitrogen and oxygen atoms in total. The normalized spacial score (nSPS) is 17.6. The summed E-state index contributed by atoms with van der Waals surface area (Å²) >= 11 is 0. The maximum Gasteiger partial charge on any atom is 0.315 e. The Hall–Kier alpha value is -1.87. The predicted octanol–water partition coefficient (Wildman–Crippen LogP) is 2.07. The average molecular weight is 415 g/mol. The molecule has 28 heavy (non-hydrogen) atoms. The molecule has 2 amide bonds. The first-order valence-electron chi connectivity index (χ1n) is 9.71. The fourth-order valence-corrected chi connectivity index (χ4v) is 4.36. The third-order valence-electron chi connectivity index (χ3n) is 4.89. The van der Waals surface area contributed by atoms with Crippen LogP contribution in [0.5, 0.6) is 0 Å². The first kappa shape index (κ1) is 22.4. The minimum absolute atomic E-state index is 0.0585. The number of urea groups is 1. The molecule has 1 aliphatic rings. The summed E-state index contributed by atoms with van der Waals surface area (Å²) in [4.78, 5) is 14.1. The molecule has 1 heterocycles. The Balaban J connectivity index is 1.78. The lowest BCUT2D eigenvalue weighted by molar-refractivity contribution is 0.234. The Morgan fingerprint density at radius 2 is 2.14 bits per heavy atom. The van der Waals surface area contributed by atoms with E-state index in [0.29, 0.717) is 38.3 Å². The van der Waals surface area contributed by atoms with E-state index in [1.807, 2.05) is 17.9 Å². The number of piperidine rings is 1. The van der Waals surface area contributed by atoms with Crippen LogP contribution in [-0.2, 0) is 10.0 Å². The molecule has 0 saturated carbocycles. The molecule has 0 aromatic heterocycles. The first-order chi connectivity index (χ1) is 13.2. The van der Waals surface area contributed by atoms with Crippen LogP contribution < -0.4 is 15.5 Å². The zero-order valence-electron chi connectivity index (χ0n) is 16.9. The molecule has 158 valence electrons. The Kier molecular flexibility index (Phi) is 8.06. The van der Waals surface area contributed by atoms with Gasteiger partial charge in [-0.1, -0.05) is 13.0 Å². The van der Waals surface area contributed by atoms with E-state index in [1.165, 1.54) is 16.6 Å². The highest BCUT2D eigenvalue weighted by molar-refractivity contribution is 7.88. The highest BCUT2D eigenvalue weighted by Crippen LogP contribution is 2.24. The summed E-state index contributed by atoms with van der Waals surface area (Å²) in [6, 6.07) is 4.72. The van der Waals surface area contributed by atoms with Gasteiger partial charge in [-0.25, -0.2) is 21.9 Å². The summed E-state index contributed by atoms with van der Waals surface area (Å²) < 4.78 is 38.6. The van der Waals surface area contributed by atoms with Crippen LogP contribution in [-0.4, -0.2) is 63.8 Å². The molecule has 1 aromatic rings. The smallest absolute Gasteiger partial charge is 0.315 e. The van der Waals surface area contributed by atoms with E-state index in [4.69, 9.17) is 0 Å². The largest absolute Gasteiger partial charge is 0.367 e. The lowest BCUT2D eigenvalue weighted by Crippen LogP contribution is -2.51. The van der Waals surface area contributed by atoms with E-state index in [2.05, 4.69) is 10.6 Å². The average Bonchev–Trinajstić information content (AvgIpc) is 2.63. The number of sulfonamides is 1. The Morgan fingerprint density at radius 1 is 1.39 bits per heavy atom. The van der Waals surface area contributed by atoms with Gasteiger partial charge in [-0.05, 0) is 43.9 Å². The molecule has 1 atom stereocenters. The molecular weight excluding hydrogens is 383 g/mol. The van der Waals surface area contributed by atoms with Crippen molar-refractivity contribution in [3.8, 4) is 0 Å². The van der Waals surface area contributed by atoms with E-state index in [1.54, 1.807) is 13.0 Å². The molecule has 1 aliphatic heterocycles. The molecule has 0 aliphatic carbocycles. The van der Waals surface area contributed by atoms with Crippen molar-refractivity contribution >= 4 is 21.7 Å². The molecule has 0 radical (unpaired) electrons. The maximum atomic E-state index is 14.1. The van der Waals surface area contributed by atoms with Gasteiger partial charge in [-0.2, -0.15) is 0 Å². The van der Waals surface area contributed by atoms with E-state index in [9.17, 15) is 17.6 Å². The second-order valence-electron chi connectivity index (χ2n) is 7.25. The van der Waals surface area contributed by atoms with Gasteiger partial charge in [0, 0.05) is 38.8 Å². The minimum Gasteiger partial charge on any atom is -0.367 e. The van der Waals surface area contributed by atoms with Crippen LogP contribution >= 0.6 is 0 Å². The van der Waals surface area contributed by atoms with Crippen LogP contribution in [0.2, 0.25) is 0 Å². The zero-order chi connectivity index (χ0) is 20.7. The van der Waals surface area contributed by atoms with E-state index >= 15 is 0 Å². The van der Waals surface area contributed by atoms with Gasteiger partial charge in [-0.15, -0.1) is 0 Å². The number of hydrogen-bond acceptors (Lipinski definition) is 4. The minimum atomic E-state index is -3.21. The number of nitrogens with zero attached hydrogens (tertiary/aromatic N) is 2. The molecule has 1 unspecified atom stereocenters. The lowest BCUT2D eigenvalue weighted by Gasteiger charge is -2.35. The van der Waals surface area contributed by atoms with Gasteiger partial charge >= 0.3 is 6.03 Å². The Labute approximate surface area is 167 Å². The van der Waals surface area contributed by atoms with Gasteiger partial charge in [-0.3, -0.25) is 0 Å². The highest BCUT2D eigenvalue weighted by Gasteiger charge is 2.23. The Morgan fingerprint density at radius 3 is 2.82 bits per heavy atom. The third-order valence-corrected chi connectivity index (χ3v) is 6.27. The predicted molar refractivity (Wildman–Crippen MR) is 110 cm³/mol. The number of rotatable bonds is 8. The monoisotopic (exact) mass is 414 g/mol. The summed E-state index contributed by atoms with van der Waals surface area (Å²) in [5.74, 6) is -0.248. The van der Waals surface area contributed by atoms with E-state index < -0.39 is 10.0 Å². The van der Waals surface area contributed by atoms with E-state index in [-0.39, 0.29) is 17.9 Å². The molecule has 0 spiro atoms. The molecule has 0 bridgehead atoms.